The van der Waals surface area contributed by atoms with Crippen LogP contribution in [0.2, 0.25) is 5.02 Å². The van der Waals surface area contributed by atoms with Crippen LogP contribution in [0.15, 0.2) is 77.9 Å². The monoisotopic (exact) mass is 427 g/mol. The van der Waals surface area contributed by atoms with Crippen LogP contribution in [0.1, 0.15) is 15.9 Å². The van der Waals surface area contributed by atoms with Gasteiger partial charge in [-0.3, -0.25) is 5.43 Å². The third-order valence-electron chi connectivity index (χ3n) is 3.63. The highest BCUT2D eigenvalue weighted by molar-refractivity contribution is 7.80. The number of benzene rings is 3. The molecule has 0 aliphatic carbocycles. The number of ether oxygens (including phenoxy) is 1. The Morgan fingerprint density at radius 1 is 1.07 bits per heavy atom. The van der Waals surface area contributed by atoms with Gasteiger partial charge in [0.1, 0.15) is 11.6 Å². The number of halogens is 2. The number of hydrogen-bond acceptors (Lipinski definition) is 4. The first-order valence-electron chi connectivity index (χ1n) is 8.43. The van der Waals surface area contributed by atoms with Crippen LogP contribution in [0.4, 0.5) is 10.1 Å². The number of carbonyl (C=O) groups excluding carboxylic acids is 1. The van der Waals surface area contributed by atoms with Gasteiger partial charge in [-0.1, -0.05) is 23.7 Å². The van der Waals surface area contributed by atoms with Gasteiger partial charge in [0.25, 0.3) is 0 Å². The van der Waals surface area contributed by atoms with Crippen molar-refractivity contribution >= 4 is 46.8 Å². The Labute approximate surface area is 177 Å². The second kappa shape index (κ2) is 9.77. The molecule has 8 heteroatoms. The molecule has 3 rings (SSSR count). The van der Waals surface area contributed by atoms with Gasteiger partial charge < -0.3 is 10.1 Å². The lowest BCUT2D eigenvalue weighted by atomic mass is 10.2. The van der Waals surface area contributed by atoms with Crippen molar-refractivity contribution in [1.29, 1.82) is 0 Å². The number of esters is 1. The zero-order valence-electron chi connectivity index (χ0n) is 14.9. The summed E-state index contributed by atoms with van der Waals surface area (Å²) in [5.41, 5.74) is 4.39. The van der Waals surface area contributed by atoms with E-state index < -0.39 is 5.97 Å². The van der Waals surface area contributed by atoms with E-state index in [9.17, 15) is 9.18 Å². The number of thiocarbonyl (C=S) groups is 1. The van der Waals surface area contributed by atoms with Crippen molar-refractivity contribution in [3.63, 3.8) is 0 Å². The van der Waals surface area contributed by atoms with Crippen molar-refractivity contribution in [2.75, 3.05) is 5.32 Å². The van der Waals surface area contributed by atoms with Crippen molar-refractivity contribution in [2.45, 2.75) is 0 Å². The fourth-order valence-electron chi connectivity index (χ4n) is 2.27. The molecule has 0 aliphatic rings. The van der Waals surface area contributed by atoms with Gasteiger partial charge in [-0.2, -0.15) is 5.10 Å². The summed E-state index contributed by atoms with van der Waals surface area (Å²) in [7, 11) is 0. The average Bonchev–Trinajstić information content (AvgIpc) is 2.70. The van der Waals surface area contributed by atoms with Crippen LogP contribution in [0.5, 0.6) is 5.75 Å². The second-order valence-corrected chi connectivity index (χ2v) is 6.64. The third kappa shape index (κ3) is 6.38. The van der Waals surface area contributed by atoms with E-state index in [1.54, 1.807) is 60.7 Å². The number of nitrogens with one attached hydrogen (secondary N) is 2. The molecule has 0 fully saturated rings. The van der Waals surface area contributed by atoms with Crippen LogP contribution >= 0.6 is 23.8 Å². The topological polar surface area (TPSA) is 62.7 Å². The molecule has 3 aromatic carbocycles. The van der Waals surface area contributed by atoms with Crippen molar-refractivity contribution in [3.8, 4) is 5.75 Å². The Hall–Kier alpha value is -3.29. The quantitative estimate of drug-likeness (QED) is 0.197. The lowest BCUT2D eigenvalue weighted by molar-refractivity contribution is 0.0735. The summed E-state index contributed by atoms with van der Waals surface area (Å²) >= 11 is 10.9. The predicted octanol–water partition coefficient (Wildman–Crippen LogP) is 5.02. The molecule has 0 unspecified atom stereocenters. The van der Waals surface area contributed by atoms with Crippen molar-refractivity contribution in [3.05, 3.63) is 94.8 Å². The van der Waals surface area contributed by atoms with Gasteiger partial charge in [0.05, 0.1) is 11.8 Å². The van der Waals surface area contributed by atoms with Gasteiger partial charge in [0.15, 0.2) is 5.11 Å². The molecular weight excluding hydrogens is 413 g/mol. The molecule has 2 N–H and O–H groups in total. The fraction of sp³-hybridized carbons (Fsp3) is 0. The first kappa shape index (κ1) is 20.4. The molecular formula is C21H15ClFN3O2S. The van der Waals surface area contributed by atoms with Crippen LogP contribution in [0.25, 0.3) is 0 Å². The van der Waals surface area contributed by atoms with Crippen LogP contribution in [-0.4, -0.2) is 17.3 Å². The number of anilines is 1. The van der Waals surface area contributed by atoms with Gasteiger partial charge in [0.2, 0.25) is 0 Å². The highest BCUT2D eigenvalue weighted by Gasteiger charge is 2.08. The molecule has 0 saturated carbocycles. The molecule has 3 aromatic rings. The summed E-state index contributed by atoms with van der Waals surface area (Å²) in [5.74, 6) is -0.441. The van der Waals surface area contributed by atoms with E-state index in [1.165, 1.54) is 18.3 Å². The minimum atomic E-state index is -0.487. The Bertz CT molecular complexity index is 1040. The first-order valence-corrected chi connectivity index (χ1v) is 9.22. The van der Waals surface area contributed by atoms with Crippen molar-refractivity contribution in [2.24, 2.45) is 5.10 Å². The molecule has 0 amide bonds. The number of nitrogens with zero attached hydrogens (tertiary/aromatic N) is 1. The SMILES string of the molecule is O=C(Oc1cccc(/C=N\NC(=S)Nc2ccc(F)cc2)c1)c1ccc(Cl)cc1. The van der Waals surface area contributed by atoms with Crippen LogP contribution in [-0.2, 0) is 0 Å². The zero-order valence-corrected chi connectivity index (χ0v) is 16.5. The van der Waals surface area contributed by atoms with E-state index in [1.807, 2.05) is 0 Å². The fourth-order valence-corrected chi connectivity index (χ4v) is 2.56. The summed E-state index contributed by atoms with van der Waals surface area (Å²) in [6, 6.07) is 19.1. The van der Waals surface area contributed by atoms with Gasteiger partial charge in [0, 0.05) is 10.7 Å². The smallest absolute Gasteiger partial charge is 0.343 e. The van der Waals surface area contributed by atoms with Gasteiger partial charge >= 0.3 is 5.97 Å². The Kier molecular flexibility index (Phi) is 6.89. The summed E-state index contributed by atoms with van der Waals surface area (Å²) in [6.45, 7) is 0. The number of hydrazone groups is 1. The van der Waals surface area contributed by atoms with Crippen LogP contribution in [0.3, 0.4) is 0 Å². The van der Waals surface area contributed by atoms with E-state index in [-0.39, 0.29) is 10.9 Å². The molecule has 0 radical (unpaired) electrons. The Balaban J connectivity index is 1.56. The summed E-state index contributed by atoms with van der Waals surface area (Å²) < 4.78 is 18.3. The highest BCUT2D eigenvalue weighted by atomic mass is 35.5. The molecule has 146 valence electrons. The molecule has 0 aromatic heterocycles. The molecule has 5 nitrogen and oxygen atoms in total. The van der Waals surface area contributed by atoms with Crippen molar-refractivity contribution in [1.82, 2.24) is 5.43 Å². The molecule has 0 aliphatic heterocycles. The minimum absolute atomic E-state index is 0.248. The number of hydrogen-bond donors (Lipinski definition) is 2. The van der Waals surface area contributed by atoms with E-state index >= 15 is 0 Å². The van der Waals surface area contributed by atoms with Crippen LogP contribution in [0, 0.1) is 5.82 Å². The van der Waals surface area contributed by atoms with Gasteiger partial charge in [-0.15, -0.1) is 0 Å². The number of carbonyl (C=O) groups is 1. The maximum Gasteiger partial charge on any atom is 0.343 e. The maximum atomic E-state index is 12.9. The molecule has 0 atom stereocenters. The molecule has 29 heavy (non-hydrogen) atoms. The first-order chi connectivity index (χ1) is 14.0. The maximum absolute atomic E-state index is 12.9. The zero-order chi connectivity index (χ0) is 20.6. The average molecular weight is 428 g/mol. The Morgan fingerprint density at radius 3 is 2.52 bits per heavy atom. The highest BCUT2D eigenvalue weighted by Crippen LogP contribution is 2.16. The summed E-state index contributed by atoms with van der Waals surface area (Å²) in [4.78, 5) is 12.2. The molecule has 0 bridgehead atoms. The standard InChI is InChI=1S/C21H15ClFN3O2S/c22-16-6-4-15(5-7-16)20(27)28-19-3-1-2-14(12-19)13-24-26-21(29)25-18-10-8-17(23)9-11-18/h1-13H,(H2,25,26,29)/b24-13-. The molecule has 0 heterocycles. The third-order valence-corrected chi connectivity index (χ3v) is 4.08. The van der Waals surface area contributed by atoms with E-state index in [2.05, 4.69) is 15.8 Å². The molecule has 0 saturated heterocycles. The normalized spacial score (nSPS) is 10.6. The van der Waals surface area contributed by atoms with Gasteiger partial charge in [-0.25, -0.2) is 9.18 Å². The van der Waals surface area contributed by atoms with E-state index in [0.29, 0.717) is 27.6 Å². The van der Waals surface area contributed by atoms with Crippen LogP contribution < -0.4 is 15.5 Å². The summed E-state index contributed by atoms with van der Waals surface area (Å²) in [5, 5.41) is 7.70. The molecule has 0 spiro atoms. The second-order valence-electron chi connectivity index (χ2n) is 5.80. The Morgan fingerprint density at radius 2 is 1.79 bits per heavy atom. The summed E-state index contributed by atoms with van der Waals surface area (Å²) in [6.07, 6.45) is 1.53. The predicted molar refractivity (Wildman–Crippen MR) is 116 cm³/mol. The van der Waals surface area contributed by atoms with E-state index in [0.717, 1.165) is 0 Å². The lowest BCUT2D eigenvalue weighted by Crippen LogP contribution is -2.23. The lowest BCUT2D eigenvalue weighted by Gasteiger charge is -2.07. The van der Waals surface area contributed by atoms with Crippen molar-refractivity contribution < 1.29 is 13.9 Å². The number of rotatable bonds is 5. The van der Waals surface area contributed by atoms with E-state index in [4.69, 9.17) is 28.6 Å². The largest absolute Gasteiger partial charge is 0.423 e. The van der Waals surface area contributed by atoms with Gasteiger partial charge in [-0.05, 0) is 78.4 Å². The minimum Gasteiger partial charge on any atom is -0.423 e.